The lowest BCUT2D eigenvalue weighted by molar-refractivity contribution is -0.271. The number of likely N-dealkylation sites (N-methyl/N-ethyl adjacent to an activating group) is 1. The van der Waals surface area contributed by atoms with Crippen LogP contribution in [0, 0.1) is 0 Å². The standard InChI is InChI=1S/C19H25F3N4O3/c1-25(2)14(13-7-5-6-8-15(13)29-4)12-24-16(27)11-18(28,19(20,21)22)17-23-9-10-26(17)3/h5-10,14,28H,11-12H2,1-4H3,(H,24,27). The Morgan fingerprint density at radius 2 is 2.00 bits per heavy atom. The molecule has 0 aliphatic heterocycles. The van der Waals surface area contributed by atoms with E-state index in [1.165, 1.54) is 20.4 Å². The molecule has 0 aliphatic rings. The van der Waals surface area contributed by atoms with Crippen molar-refractivity contribution in [2.75, 3.05) is 27.7 Å². The molecular formula is C19H25F3N4O3. The second kappa shape index (κ2) is 8.83. The molecule has 2 aromatic rings. The maximum Gasteiger partial charge on any atom is 0.425 e. The van der Waals surface area contributed by atoms with Crippen LogP contribution in [0.3, 0.4) is 0 Å². The van der Waals surface area contributed by atoms with E-state index in [-0.39, 0.29) is 12.6 Å². The van der Waals surface area contributed by atoms with Gasteiger partial charge in [-0.3, -0.25) is 4.79 Å². The number of methoxy groups -OCH3 is 1. The van der Waals surface area contributed by atoms with Crippen molar-refractivity contribution in [1.82, 2.24) is 19.8 Å². The quantitative estimate of drug-likeness (QED) is 0.691. The van der Waals surface area contributed by atoms with E-state index in [2.05, 4.69) is 10.3 Å². The van der Waals surface area contributed by atoms with Crippen LogP contribution in [0.1, 0.15) is 23.9 Å². The first-order chi connectivity index (χ1) is 13.5. The van der Waals surface area contributed by atoms with Crippen LogP contribution in [0.15, 0.2) is 36.7 Å². The second-order valence-electron chi connectivity index (χ2n) is 6.92. The number of carbonyl (C=O) groups is 1. The lowest BCUT2D eigenvalue weighted by atomic mass is 9.97. The van der Waals surface area contributed by atoms with Gasteiger partial charge in [0.1, 0.15) is 5.75 Å². The van der Waals surface area contributed by atoms with Crippen LogP contribution in [0.25, 0.3) is 0 Å². The monoisotopic (exact) mass is 414 g/mol. The van der Waals surface area contributed by atoms with Gasteiger partial charge in [0.15, 0.2) is 5.82 Å². The number of carbonyl (C=O) groups excluding carboxylic acids is 1. The van der Waals surface area contributed by atoms with Crippen molar-refractivity contribution in [3.8, 4) is 5.75 Å². The summed E-state index contributed by atoms with van der Waals surface area (Å²) >= 11 is 0. The maximum atomic E-state index is 13.6. The zero-order valence-electron chi connectivity index (χ0n) is 16.7. The molecule has 1 aromatic heterocycles. The maximum absolute atomic E-state index is 13.6. The molecule has 2 unspecified atom stereocenters. The third kappa shape index (κ3) is 4.88. The first-order valence-corrected chi connectivity index (χ1v) is 8.84. The van der Waals surface area contributed by atoms with Crippen LogP contribution < -0.4 is 10.1 Å². The largest absolute Gasteiger partial charge is 0.496 e. The predicted octanol–water partition coefficient (Wildman–Crippen LogP) is 1.99. The molecule has 10 heteroatoms. The van der Waals surface area contributed by atoms with Crippen molar-refractivity contribution in [2.24, 2.45) is 7.05 Å². The number of hydrogen-bond donors (Lipinski definition) is 2. The highest BCUT2D eigenvalue weighted by atomic mass is 19.4. The van der Waals surface area contributed by atoms with Crippen LogP contribution >= 0.6 is 0 Å². The number of aromatic nitrogens is 2. The van der Waals surface area contributed by atoms with E-state index in [1.807, 2.05) is 11.0 Å². The number of alkyl halides is 3. The van der Waals surface area contributed by atoms with Gasteiger partial charge in [-0.2, -0.15) is 13.2 Å². The molecule has 2 N–H and O–H groups in total. The van der Waals surface area contributed by atoms with Gasteiger partial charge >= 0.3 is 6.18 Å². The molecule has 0 saturated heterocycles. The third-order valence-corrected chi connectivity index (χ3v) is 4.69. The number of halogens is 3. The van der Waals surface area contributed by atoms with Gasteiger partial charge in [0.2, 0.25) is 11.5 Å². The van der Waals surface area contributed by atoms with E-state index in [0.29, 0.717) is 5.75 Å². The van der Waals surface area contributed by atoms with Gasteiger partial charge in [0, 0.05) is 31.5 Å². The Balaban J connectivity index is 2.18. The summed E-state index contributed by atoms with van der Waals surface area (Å²) in [5.41, 5.74) is -2.62. The summed E-state index contributed by atoms with van der Waals surface area (Å²) in [6, 6.07) is 6.83. The van der Waals surface area contributed by atoms with Gasteiger partial charge in [0.05, 0.1) is 19.6 Å². The topological polar surface area (TPSA) is 79.6 Å². The van der Waals surface area contributed by atoms with E-state index in [0.717, 1.165) is 16.3 Å². The van der Waals surface area contributed by atoms with Gasteiger partial charge in [-0.15, -0.1) is 0 Å². The molecule has 2 rings (SSSR count). The SMILES string of the molecule is COc1ccccc1C(CNC(=O)CC(O)(c1nccn1C)C(F)(F)F)N(C)C. The molecule has 1 aromatic carbocycles. The fourth-order valence-corrected chi connectivity index (χ4v) is 3.09. The summed E-state index contributed by atoms with van der Waals surface area (Å²) in [6.07, 6.45) is -3.87. The van der Waals surface area contributed by atoms with E-state index in [4.69, 9.17) is 4.74 Å². The molecule has 1 amide bonds. The highest BCUT2D eigenvalue weighted by Crippen LogP contribution is 2.40. The van der Waals surface area contributed by atoms with E-state index >= 15 is 0 Å². The first kappa shape index (κ1) is 22.7. The average molecular weight is 414 g/mol. The number of ether oxygens (including phenoxy) is 1. The zero-order chi connectivity index (χ0) is 21.8. The van der Waals surface area contributed by atoms with Crippen molar-refractivity contribution < 1.29 is 27.8 Å². The first-order valence-electron chi connectivity index (χ1n) is 8.84. The Bertz CT molecular complexity index is 838. The minimum absolute atomic E-state index is 0.0285. The summed E-state index contributed by atoms with van der Waals surface area (Å²) in [5, 5.41) is 12.8. The number of aryl methyl sites for hydroxylation is 1. The fourth-order valence-electron chi connectivity index (χ4n) is 3.09. The Kier molecular flexibility index (Phi) is 6.91. The van der Waals surface area contributed by atoms with E-state index in [1.54, 1.807) is 32.3 Å². The molecule has 160 valence electrons. The summed E-state index contributed by atoms with van der Waals surface area (Å²) < 4.78 is 47.1. The van der Waals surface area contributed by atoms with Crippen LogP contribution in [-0.2, 0) is 17.4 Å². The number of nitrogens with zero attached hydrogens (tertiary/aromatic N) is 3. The van der Waals surface area contributed by atoms with Gasteiger partial charge < -0.3 is 24.6 Å². The molecule has 0 fully saturated rings. The fraction of sp³-hybridized carbons (Fsp3) is 0.474. The number of hydrogen-bond acceptors (Lipinski definition) is 5. The Morgan fingerprint density at radius 3 is 2.52 bits per heavy atom. The molecule has 7 nitrogen and oxygen atoms in total. The van der Waals surface area contributed by atoms with Gasteiger partial charge in [-0.05, 0) is 20.2 Å². The second-order valence-corrected chi connectivity index (χ2v) is 6.92. The van der Waals surface area contributed by atoms with Crippen LogP contribution in [0.2, 0.25) is 0 Å². The summed E-state index contributed by atoms with van der Waals surface area (Å²) in [5.74, 6) is -0.996. The number of para-hydroxylation sites is 1. The third-order valence-electron chi connectivity index (χ3n) is 4.69. The molecule has 0 aliphatic carbocycles. The number of rotatable bonds is 8. The highest BCUT2D eigenvalue weighted by molar-refractivity contribution is 5.77. The lowest BCUT2D eigenvalue weighted by Crippen LogP contribution is -2.48. The van der Waals surface area contributed by atoms with Gasteiger partial charge in [-0.1, -0.05) is 18.2 Å². The predicted molar refractivity (Wildman–Crippen MR) is 100 cm³/mol. The molecule has 1 heterocycles. The Labute approximate surface area is 167 Å². The van der Waals surface area contributed by atoms with Crippen LogP contribution in [0.4, 0.5) is 13.2 Å². The molecule has 0 spiro atoms. The van der Waals surface area contributed by atoms with Crippen molar-refractivity contribution in [1.29, 1.82) is 0 Å². The number of aliphatic hydroxyl groups is 1. The van der Waals surface area contributed by atoms with Gasteiger partial charge in [0.25, 0.3) is 0 Å². The summed E-state index contributed by atoms with van der Waals surface area (Å²) in [6.45, 7) is 0.0285. The minimum atomic E-state index is -5.08. The normalized spacial score (nSPS) is 15.1. The molecule has 0 saturated carbocycles. The number of imidazole rings is 1. The average Bonchev–Trinajstić information content (AvgIpc) is 3.07. The smallest absolute Gasteiger partial charge is 0.425 e. The summed E-state index contributed by atoms with van der Waals surface area (Å²) in [7, 11) is 6.40. The number of amides is 1. The van der Waals surface area contributed by atoms with Crippen molar-refractivity contribution in [2.45, 2.75) is 24.2 Å². The van der Waals surface area contributed by atoms with E-state index in [9.17, 15) is 23.1 Å². The Morgan fingerprint density at radius 1 is 1.34 bits per heavy atom. The lowest BCUT2D eigenvalue weighted by Gasteiger charge is -2.30. The zero-order valence-corrected chi connectivity index (χ0v) is 16.7. The molecule has 29 heavy (non-hydrogen) atoms. The molecule has 0 radical (unpaired) electrons. The van der Waals surface area contributed by atoms with Gasteiger partial charge in [-0.25, -0.2) is 4.98 Å². The number of nitrogens with one attached hydrogen (secondary N) is 1. The van der Waals surface area contributed by atoms with Crippen molar-refractivity contribution in [3.63, 3.8) is 0 Å². The summed E-state index contributed by atoms with van der Waals surface area (Å²) in [4.78, 5) is 17.8. The van der Waals surface area contributed by atoms with E-state index < -0.39 is 29.9 Å². The number of benzene rings is 1. The molecular weight excluding hydrogens is 389 g/mol. The Hall–Kier alpha value is -2.59. The van der Waals surface area contributed by atoms with Crippen molar-refractivity contribution in [3.05, 3.63) is 48.0 Å². The molecule has 0 bridgehead atoms. The van der Waals surface area contributed by atoms with Crippen LogP contribution in [-0.4, -0.2) is 59.4 Å². The molecule has 2 atom stereocenters. The van der Waals surface area contributed by atoms with Crippen LogP contribution in [0.5, 0.6) is 5.75 Å². The highest BCUT2D eigenvalue weighted by Gasteiger charge is 2.58. The minimum Gasteiger partial charge on any atom is -0.496 e. The van der Waals surface area contributed by atoms with Crippen molar-refractivity contribution >= 4 is 5.91 Å².